The number of nitrogens with zero attached hydrogens (tertiary/aromatic N) is 1. The van der Waals surface area contributed by atoms with E-state index >= 15 is 0 Å². The first-order valence-electron chi connectivity index (χ1n) is 8.76. The van der Waals surface area contributed by atoms with E-state index in [0.717, 1.165) is 24.1 Å². The summed E-state index contributed by atoms with van der Waals surface area (Å²) in [5.74, 6) is 5.69. The lowest BCUT2D eigenvalue weighted by molar-refractivity contribution is 0.0513. The Labute approximate surface area is 168 Å². The molecule has 1 aliphatic rings. The molecule has 0 radical (unpaired) electrons. The molecular formula is C21H21ClN2O2S. The summed E-state index contributed by atoms with van der Waals surface area (Å²) in [7, 11) is 0. The second kappa shape index (κ2) is 8.35. The largest absolute Gasteiger partial charge is 0.378 e. The van der Waals surface area contributed by atoms with Crippen LogP contribution in [0.5, 0.6) is 0 Å². The van der Waals surface area contributed by atoms with Gasteiger partial charge in [-0.25, -0.2) is 4.98 Å². The molecule has 1 heterocycles. The van der Waals surface area contributed by atoms with E-state index in [1.807, 2.05) is 24.5 Å². The highest BCUT2D eigenvalue weighted by molar-refractivity contribution is 7.98. The summed E-state index contributed by atoms with van der Waals surface area (Å²) in [6.07, 6.45) is 4.80. The zero-order valence-corrected chi connectivity index (χ0v) is 16.6. The van der Waals surface area contributed by atoms with Gasteiger partial charge in [0, 0.05) is 22.2 Å². The molecule has 0 bridgehead atoms. The number of carbonyl (C=O) groups excluding carboxylic acids is 1. The Morgan fingerprint density at radius 3 is 2.93 bits per heavy atom. The van der Waals surface area contributed by atoms with Crippen LogP contribution in [0, 0.1) is 11.8 Å². The SMILES string of the molecule is CSc1nc([C@H]2CCC[C@@](O)(C#Cc3cccc(Cl)c3)C2)ccc1C(N)=O. The maximum absolute atomic E-state index is 11.5. The smallest absolute Gasteiger partial charge is 0.251 e. The van der Waals surface area contributed by atoms with Gasteiger partial charge in [-0.15, -0.1) is 11.8 Å². The number of benzene rings is 1. The molecule has 1 aromatic carbocycles. The normalized spacial score (nSPS) is 22.0. The fourth-order valence-corrected chi connectivity index (χ4v) is 4.17. The number of hydrogen-bond donors (Lipinski definition) is 2. The monoisotopic (exact) mass is 400 g/mol. The lowest BCUT2D eigenvalue weighted by atomic mass is 9.77. The van der Waals surface area contributed by atoms with Crippen molar-refractivity contribution in [1.29, 1.82) is 0 Å². The van der Waals surface area contributed by atoms with Gasteiger partial charge in [-0.05, 0) is 62.3 Å². The highest BCUT2D eigenvalue weighted by atomic mass is 35.5. The van der Waals surface area contributed by atoms with Gasteiger partial charge in [-0.3, -0.25) is 4.79 Å². The van der Waals surface area contributed by atoms with E-state index in [-0.39, 0.29) is 5.92 Å². The Bertz CT molecular complexity index is 922. The Morgan fingerprint density at radius 2 is 2.22 bits per heavy atom. The minimum Gasteiger partial charge on any atom is -0.378 e. The third-order valence-corrected chi connectivity index (χ3v) is 5.68. The molecule has 140 valence electrons. The Morgan fingerprint density at radius 1 is 1.41 bits per heavy atom. The van der Waals surface area contributed by atoms with Crippen LogP contribution in [0.25, 0.3) is 0 Å². The van der Waals surface area contributed by atoms with Crippen LogP contribution in [0.2, 0.25) is 5.02 Å². The summed E-state index contributed by atoms with van der Waals surface area (Å²) >= 11 is 7.39. The number of hydrogen-bond acceptors (Lipinski definition) is 4. The highest BCUT2D eigenvalue weighted by Crippen LogP contribution is 2.38. The van der Waals surface area contributed by atoms with E-state index in [0.29, 0.717) is 28.5 Å². The number of thioether (sulfide) groups is 1. The summed E-state index contributed by atoms with van der Waals surface area (Å²) in [5, 5.41) is 12.2. The van der Waals surface area contributed by atoms with Crippen molar-refractivity contribution in [3.8, 4) is 11.8 Å². The lowest BCUT2D eigenvalue weighted by Crippen LogP contribution is -2.33. The number of nitrogens with two attached hydrogens (primary N) is 1. The van der Waals surface area contributed by atoms with Crippen molar-refractivity contribution in [2.75, 3.05) is 6.26 Å². The average Bonchev–Trinajstić information content (AvgIpc) is 2.66. The molecule has 6 heteroatoms. The molecule has 4 nitrogen and oxygen atoms in total. The van der Waals surface area contributed by atoms with E-state index in [2.05, 4.69) is 16.8 Å². The van der Waals surface area contributed by atoms with Crippen LogP contribution >= 0.6 is 23.4 Å². The predicted octanol–water partition coefficient (Wildman–Crippen LogP) is 4.00. The quantitative estimate of drug-likeness (QED) is 0.603. The minimum absolute atomic E-state index is 0.0882. The molecule has 3 rings (SSSR count). The number of aliphatic hydroxyl groups is 1. The van der Waals surface area contributed by atoms with Crippen LogP contribution in [0.3, 0.4) is 0 Å². The molecule has 1 amide bonds. The molecular weight excluding hydrogens is 380 g/mol. The van der Waals surface area contributed by atoms with Gasteiger partial charge in [0.2, 0.25) is 0 Å². The van der Waals surface area contributed by atoms with Gasteiger partial charge < -0.3 is 10.8 Å². The number of primary amides is 1. The molecule has 1 saturated carbocycles. The molecule has 0 unspecified atom stereocenters. The van der Waals surface area contributed by atoms with Crippen LogP contribution in [-0.2, 0) is 0 Å². The standard InChI is InChI=1S/C21H21ClN2O2S/c1-27-20-17(19(23)25)7-8-18(24-20)15-5-3-10-21(26,13-15)11-9-14-4-2-6-16(22)12-14/h2,4,6-8,12,15,26H,3,5,10,13H2,1H3,(H2,23,25)/t15-,21+/m0/s1. The van der Waals surface area contributed by atoms with Crippen molar-refractivity contribution in [2.45, 2.75) is 42.2 Å². The second-order valence-electron chi connectivity index (χ2n) is 6.74. The highest BCUT2D eigenvalue weighted by Gasteiger charge is 2.34. The van der Waals surface area contributed by atoms with Gasteiger partial charge in [0.05, 0.1) is 5.56 Å². The van der Waals surface area contributed by atoms with Crippen LogP contribution in [0.4, 0.5) is 0 Å². The molecule has 1 fully saturated rings. The van der Waals surface area contributed by atoms with Crippen LogP contribution in [0.15, 0.2) is 41.4 Å². The first-order chi connectivity index (χ1) is 12.9. The van der Waals surface area contributed by atoms with Gasteiger partial charge in [-0.2, -0.15) is 0 Å². The number of pyridine rings is 1. The van der Waals surface area contributed by atoms with Crippen LogP contribution in [0.1, 0.15) is 53.2 Å². The van der Waals surface area contributed by atoms with E-state index in [1.54, 1.807) is 18.2 Å². The molecule has 0 aliphatic heterocycles. The van der Waals surface area contributed by atoms with Crippen molar-refractivity contribution in [3.63, 3.8) is 0 Å². The zero-order valence-electron chi connectivity index (χ0n) is 15.0. The van der Waals surface area contributed by atoms with Gasteiger partial charge in [0.15, 0.2) is 0 Å². The first kappa shape index (κ1) is 19.8. The maximum Gasteiger partial charge on any atom is 0.251 e. The molecule has 3 N–H and O–H groups in total. The number of halogens is 1. The second-order valence-corrected chi connectivity index (χ2v) is 7.97. The summed E-state index contributed by atoms with van der Waals surface area (Å²) in [4.78, 5) is 16.1. The first-order valence-corrected chi connectivity index (χ1v) is 10.4. The maximum atomic E-state index is 11.5. The third-order valence-electron chi connectivity index (χ3n) is 4.75. The Balaban J connectivity index is 1.83. The van der Waals surface area contributed by atoms with Crippen molar-refractivity contribution in [2.24, 2.45) is 5.73 Å². The molecule has 2 aromatic rings. The van der Waals surface area contributed by atoms with Gasteiger partial charge in [0.25, 0.3) is 5.91 Å². The van der Waals surface area contributed by atoms with Gasteiger partial charge in [-0.1, -0.05) is 29.5 Å². The van der Waals surface area contributed by atoms with E-state index < -0.39 is 11.5 Å². The third kappa shape index (κ3) is 4.84. The van der Waals surface area contributed by atoms with E-state index in [4.69, 9.17) is 17.3 Å². The number of aromatic nitrogens is 1. The molecule has 27 heavy (non-hydrogen) atoms. The van der Waals surface area contributed by atoms with E-state index in [9.17, 15) is 9.90 Å². The lowest BCUT2D eigenvalue weighted by Gasteiger charge is -2.33. The Kier molecular flexibility index (Phi) is 6.11. The van der Waals surface area contributed by atoms with Gasteiger partial charge in [0.1, 0.15) is 10.6 Å². The zero-order chi connectivity index (χ0) is 19.4. The predicted molar refractivity (Wildman–Crippen MR) is 109 cm³/mol. The van der Waals surface area contributed by atoms with Crippen molar-refractivity contribution in [1.82, 2.24) is 4.98 Å². The van der Waals surface area contributed by atoms with Crippen LogP contribution in [-0.4, -0.2) is 27.9 Å². The fourth-order valence-electron chi connectivity index (χ4n) is 3.40. The average molecular weight is 401 g/mol. The number of carbonyl (C=O) groups is 1. The minimum atomic E-state index is -1.06. The summed E-state index contributed by atoms with van der Waals surface area (Å²) in [6.45, 7) is 0. The van der Waals surface area contributed by atoms with Crippen molar-refractivity contribution >= 4 is 29.3 Å². The number of rotatable bonds is 3. The summed E-state index contributed by atoms with van der Waals surface area (Å²) < 4.78 is 0. The number of amides is 1. The molecule has 1 aromatic heterocycles. The topological polar surface area (TPSA) is 76.2 Å². The molecule has 1 aliphatic carbocycles. The van der Waals surface area contributed by atoms with Crippen molar-refractivity contribution < 1.29 is 9.90 Å². The summed E-state index contributed by atoms with van der Waals surface area (Å²) in [6, 6.07) is 10.9. The van der Waals surface area contributed by atoms with Crippen molar-refractivity contribution in [3.05, 3.63) is 58.2 Å². The fraction of sp³-hybridized carbons (Fsp3) is 0.333. The molecule has 2 atom stereocenters. The van der Waals surface area contributed by atoms with Gasteiger partial charge >= 0.3 is 0 Å². The molecule has 0 saturated heterocycles. The Hall–Kier alpha value is -2.00. The van der Waals surface area contributed by atoms with Crippen LogP contribution < -0.4 is 5.73 Å². The summed E-state index contributed by atoms with van der Waals surface area (Å²) in [5.41, 5.74) is 6.43. The molecule has 0 spiro atoms. The van der Waals surface area contributed by atoms with E-state index in [1.165, 1.54) is 11.8 Å².